The van der Waals surface area contributed by atoms with Crippen molar-refractivity contribution < 1.29 is 13.2 Å². The molecule has 3 rings (SSSR count). The molecule has 7 nitrogen and oxygen atoms in total. The summed E-state index contributed by atoms with van der Waals surface area (Å²) in [5, 5.41) is 2.91. The van der Waals surface area contributed by atoms with Crippen LogP contribution in [0.1, 0.15) is 24.2 Å². The van der Waals surface area contributed by atoms with Crippen molar-refractivity contribution in [3.63, 3.8) is 0 Å². The molecule has 1 saturated heterocycles. The number of imidazole rings is 1. The molecule has 2 heterocycles. The van der Waals surface area contributed by atoms with Gasteiger partial charge < -0.3 is 15.2 Å². The fourth-order valence-corrected chi connectivity index (χ4v) is 4.97. The Labute approximate surface area is 147 Å². The highest BCUT2D eigenvalue weighted by atomic mass is 32.2. The van der Waals surface area contributed by atoms with E-state index in [4.69, 9.17) is 0 Å². The number of hydrogen-bond donors (Lipinski definition) is 2. The first-order valence-electron chi connectivity index (χ1n) is 8.45. The van der Waals surface area contributed by atoms with Crippen LogP contribution in [0.4, 0.5) is 0 Å². The Bertz CT molecular complexity index is 875. The van der Waals surface area contributed by atoms with Crippen LogP contribution in [-0.2, 0) is 21.2 Å². The molecule has 0 spiro atoms. The average molecular weight is 364 g/mol. The number of sulfone groups is 1. The minimum Gasteiger partial charge on any atom is -0.352 e. The van der Waals surface area contributed by atoms with Gasteiger partial charge in [0.1, 0.15) is 5.82 Å². The fraction of sp³-hybridized carbons (Fsp3) is 0.529. The molecule has 2 aromatic rings. The van der Waals surface area contributed by atoms with Crippen molar-refractivity contribution >= 4 is 26.8 Å². The van der Waals surface area contributed by atoms with Gasteiger partial charge in [0.15, 0.2) is 9.84 Å². The third kappa shape index (κ3) is 4.58. The quantitative estimate of drug-likeness (QED) is 0.797. The van der Waals surface area contributed by atoms with E-state index < -0.39 is 9.84 Å². The van der Waals surface area contributed by atoms with Crippen LogP contribution in [0.3, 0.4) is 0 Å². The first kappa shape index (κ1) is 17.9. The van der Waals surface area contributed by atoms with Crippen molar-refractivity contribution in [2.24, 2.45) is 0 Å². The van der Waals surface area contributed by atoms with Crippen molar-refractivity contribution in [3.05, 3.63) is 29.6 Å². The summed E-state index contributed by atoms with van der Waals surface area (Å²) in [7, 11) is -1.01. The first-order chi connectivity index (χ1) is 11.8. The summed E-state index contributed by atoms with van der Waals surface area (Å²) in [6, 6.07) is 5.92. The van der Waals surface area contributed by atoms with E-state index in [1.165, 1.54) is 0 Å². The lowest BCUT2D eigenvalue weighted by atomic mass is 10.2. The smallest absolute Gasteiger partial charge is 0.221 e. The minimum atomic E-state index is -2.89. The van der Waals surface area contributed by atoms with Gasteiger partial charge in [0.05, 0.1) is 22.5 Å². The third-order valence-electron chi connectivity index (χ3n) is 4.68. The molecule has 8 heteroatoms. The van der Waals surface area contributed by atoms with Gasteiger partial charge in [-0.2, -0.15) is 0 Å². The molecule has 136 valence electrons. The monoisotopic (exact) mass is 364 g/mol. The molecule has 2 N–H and O–H groups in total. The second-order valence-corrected chi connectivity index (χ2v) is 8.97. The highest BCUT2D eigenvalue weighted by molar-refractivity contribution is 7.91. The van der Waals surface area contributed by atoms with Crippen LogP contribution in [-0.4, -0.2) is 60.3 Å². The average Bonchev–Trinajstić information content (AvgIpc) is 3.11. The summed E-state index contributed by atoms with van der Waals surface area (Å²) in [5.41, 5.74) is 2.90. The number of hydrogen-bond acceptors (Lipinski definition) is 5. The normalized spacial score (nSPS) is 19.6. The molecule has 1 aromatic heterocycles. The van der Waals surface area contributed by atoms with Crippen LogP contribution in [0, 0.1) is 6.92 Å². The number of aromatic amines is 1. The summed E-state index contributed by atoms with van der Waals surface area (Å²) in [6.45, 7) is 2.94. The van der Waals surface area contributed by atoms with Gasteiger partial charge in [-0.15, -0.1) is 0 Å². The van der Waals surface area contributed by atoms with E-state index >= 15 is 0 Å². The number of benzene rings is 1. The summed E-state index contributed by atoms with van der Waals surface area (Å²) >= 11 is 0. The van der Waals surface area contributed by atoms with E-state index in [-0.39, 0.29) is 23.5 Å². The number of carbonyl (C=O) groups is 1. The number of carbonyl (C=O) groups excluding carboxylic acids is 1. The molecule has 0 radical (unpaired) electrons. The molecule has 1 fully saturated rings. The van der Waals surface area contributed by atoms with Gasteiger partial charge in [0.25, 0.3) is 0 Å². The maximum atomic E-state index is 12.1. The molecule has 1 aliphatic rings. The van der Waals surface area contributed by atoms with Crippen molar-refractivity contribution in [1.82, 2.24) is 20.2 Å². The Morgan fingerprint density at radius 2 is 2.24 bits per heavy atom. The number of nitrogens with zero attached hydrogens (tertiary/aromatic N) is 2. The van der Waals surface area contributed by atoms with E-state index in [0.29, 0.717) is 25.9 Å². The van der Waals surface area contributed by atoms with Crippen molar-refractivity contribution in [3.8, 4) is 0 Å². The molecule has 25 heavy (non-hydrogen) atoms. The standard InChI is InChI=1S/C17H24N4O3S/c1-12-19-15-4-3-13(9-16(15)20-12)10-18-17(22)5-7-21(2)14-6-8-25(23,24)11-14/h3-4,9,14H,5-8,10-11H2,1-2H3,(H,18,22)(H,19,20)/t14-/m0/s1. The summed E-state index contributed by atoms with van der Waals surface area (Å²) < 4.78 is 23.0. The van der Waals surface area contributed by atoms with Gasteiger partial charge in [-0.3, -0.25) is 4.79 Å². The molecular weight excluding hydrogens is 340 g/mol. The Hall–Kier alpha value is -1.93. The molecule has 1 aliphatic heterocycles. The van der Waals surface area contributed by atoms with E-state index in [1.807, 2.05) is 37.1 Å². The number of aryl methyl sites for hydroxylation is 1. The van der Waals surface area contributed by atoms with Gasteiger partial charge >= 0.3 is 0 Å². The van der Waals surface area contributed by atoms with Gasteiger partial charge in [-0.25, -0.2) is 13.4 Å². The zero-order chi connectivity index (χ0) is 18.0. The Morgan fingerprint density at radius 1 is 1.44 bits per heavy atom. The highest BCUT2D eigenvalue weighted by Crippen LogP contribution is 2.16. The lowest BCUT2D eigenvalue weighted by molar-refractivity contribution is -0.121. The van der Waals surface area contributed by atoms with Gasteiger partial charge in [-0.05, 0) is 38.1 Å². The lowest BCUT2D eigenvalue weighted by Crippen LogP contribution is -2.36. The number of amides is 1. The van der Waals surface area contributed by atoms with Crippen LogP contribution in [0.2, 0.25) is 0 Å². The third-order valence-corrected chi connectivity index (χ3v) is 6.43. The molecule has 1 aromatic carbocycles. The molecule has 1 atom stereocenters. The second-order valence-electron chi connectivity index (χ2n) is 6.74. The number of H-pyrrole nitrogens is 1. The van der Waals surface area contributed by atoms with Crippen LogP contribution in [0.5, 0.6) is 0 Å². The zero-order valence-electron chi connectivity index (χ0n) is 14.6. The number of fused-ring (bicyclic) bond motifs is 1. The van der Waals surface area contributed by atoms with Crippen molar-refractivity contribution in [2.45, 2.75) is 32.4 Å². The topological polar surface area (TPSA) is 95.2 Å². The molecule has 0 bridgehead atoms. The largest absolute Gasteiger partial charge is 0.352 e. The van der Waals surface area contributed by atoms with Crippen molar-refractivity contribution in [1.29, 1.82) is 0 Å². The van der Waals surface area contributed by atoms with E-state index in [2.05, 4.69) is 15.3 Å². The van der Waals surface area contributed by atoms with Crippen LogP contribution < -0.4 is 5.32 Å². The summed E-state index contributed by atoms with van der Waals surface area (Å²) in [4.78, 5) is 21.6. The lowest BCUT2D eigenvalue weighted by Gasteiger charge is -2.22. The Kier molecular flexibility index (Phi) is 5.10. The van der Waals surface area contributed by atoms with Gasteiger partial charge in [-0.1, -0.05) is 6.07 Å². The SMILES string of the molecule is Cc1nc2ccc(CNC(=O)CCN(C)[C@H]3CCS(=O)(=O)C3)cc2[nH]1. The van der Waals surface area contributed by atoms with E-state index in [1.54, 1.807) is 0 Å². The zero-order valence-corrected chi connectivity index (χ0v) is 15.4. The van der Waals surface area contributed by atoms with Crippen molar-refractivity contribution in [2.75, 3.05) is 25.1 Å². The van der Waals surface area contributed by atoms with Crippen LogP contribution >= 0.6 is 0 Å². The van der Waals surface area contributed by atoms with E-state index in [0.717, 1.165) is 22.4 Å². The Morgan fingerprint density at radius 3 is 2.96 bits per heavy atom. The molecular formula is C17H24N4O3S. The summed E-state index contributed by atoms with van der Waals surface area (Å²) in [5.74, 6) is 1.29. The molecule has 1 amide bonds. The summed E-state index contributed by atoms with van der Waals surface area (Å²) in [6.07, 6.45) is 1.02. The Balaban J connectivity index is 1.45. The molecule has 0 aliphatic carbocycles. The first-order valence-corrected chi connectivity index (χ1v) is 10.3. The highest BCUT2D eigenvalue weighted by Gasteiger charge is 2.30. The second kappa shape index (κ2) is 7.13. The minimum absolute atomic E-state index is 0.0313. The predicted molar refractivity (Wildman–Crippen MR) is 97.0 cm³/mol. The number of nitrogens with one attached hydrogen (secondary N) is 2. The molecule has 0 saturated carbocycles. The van der Waals surface area contributed by atoms with E-state index in [9.17, 15) is 13.2 Å². The van der Waals surface area contributed by atoms with Crippen LogP contribution in [0.15, 0.2) is 18.2 Å². The number of aromatic nitrogens is 2. The van der Waals surface area contributed by atoms with Gasteiger partial charge in [0, 0.05) is 25.6 Å². The fourth-order valence-electron chi connectivity index (χ4n) is 3.17. The molecule has 0 unspecified atom stereocenters. The number of rotatable bonds is 6. The maximum Gasteiger partial charge on any atom is 0.221 e. The van der Waals surface area contributed by atoms with Gasteiger partial charge in [0.2, 0.25) is 5.91 Å². The van der Waals surface area contributed by atoms with Crippen LogP contribution in [0.25, 0.3) is 11.0 Å². The predicted octanol–water partition coefficient (Wildman–Crippen LogP) is 0.997. The maximum absolute atomic E-state index is 12.1.